The number of hydrogen-bond donors (Lipinski definition) is 0. The molecule has 0 saturated carbocycles. The summed E-state index contributed by atoms with van der Waals surface area (Å²) < 4.78 is 31.6. The molecule has 0 spiro atoms. The van der Waals surface area contributed by atoms with E-state index in [4.69, 9.17) is 14.2 Å². The van der Waals surface area contributed by atoms with Crippen molar-refractivity contribution in [3.8, 4) is 11.5 Å². The van der Waals surface area contributed by atoms with E-state index in [9.17, 15) is 14.0 Å². The second-order valence-corrected chi connectivity index (χ2v) is 11.0. The van der Waals surface area contributed by atoms with Crippen LogP contribution in [0.1, 0.15) is 55.6 Å². The zero-order valence-electron chi connectivity index (χ0n) is 21.6. The Morgan fingerprint density at radius 3 is 2.26 bits per heavy atom. The largest absolute Gasteiger partial charge is 0.493 e. The Morgan fingerprint density at radius 2 is 1.66 bits per heavy atom. The molecule has 5 rings (SSSR count). The minimum atomic E-state index is -0.431. The highest BCUT2D eigenvalue weighted by Gasteiger charge is 2.43. The molecule has 2 aromatic rings. The number of ether oxygens (including phenoxy) is 3. The van der Waals surface area contributed by atoms with Crippen LogP contribution in [-0.4, -0.2) is 43.8 Å². The lowest BCUT2D eigenvalue weighted by Gasteiger charge is -2.44. The summed E-state index contributed by atoms with van der Waals surface area (Å²) in [4.78, 5) is 29.1. The minimum Gasteiger partial charge on any atom is -0.493 e. The van der Waals surface area contributed by atoms with Gasteiger partial charge in [-0.15, -0.1) is 0 Å². The van der Waals surface area contributed by atoms with Gasteiger partial charge in [0.2, 0.25) is 0 Å². The molecule has 1 heterocycles. The van der Waals surface area contributed by atoms with Crippen LogP contribution >= 0.6 is 22.6 Å². The summed E-state index contributed by atoms with van der Waals surface area (Å²) in [6.45, 7) is 1.32. The van der Waals surface area contributed by atoms with Gasteiger partial charge in [0, 0.05) is 55.0 Å². The van der Waals surface area contributed by atoms with Crippen LogP contribution in [0.5, 0.6) is 11.5 Å². The van der Waals surface area contributed by atoms with Gasteiger partial charge in [0.15, 0.2) is 23.1 Å². The molecule has 2 aromatic carbocycles. The Labute approximate surface area is 236 Å². The summed E-state index contributed by atoms with van der Waals surface area (Å²) in [6, 6.07) is 10.2. The summed E-state index contributed by atoms with van der Waals surface area (Å²) in [5, 5.41) is 0. The van der Waals surface area contributed by atoms with Crippen molar-refractivity contribution < 1.29 is 28.2 Å². The molecule has 0 saturated heterocycles. The Morgan fingerprint density at radius 1 is 0.974 bits per heavy atom. The van der Waals surface area contributed by atoms with Crippen LogP contribution in [-0.2, 0) is 20.9 Å². The van der Waals surface area contributed by atoms with Crippen LogP contribution in [0, 0.1) is 9.39 Å². The van der Waals surface area contributed by atoms with Crippen molar-refractivity contribution in [1.82, 2.24) is 4.90 Å². The lowest BCUT2D eigenvalue weighted by Crippen LogP contribution is -2.40. The minimum absolute atomic E-state index is 0.101. The number of methoxy groups -OCH3 is 2. The highest BCUT2D eigenvalue weighted by Crippen LogP contribution is 2.50. The molecule has 0 radical (unpaired) electrons. The van der Waals surface area contributed by atoms with Crippen LogP contribution in [0.3, 0.4) is 0 Å². The van der Waals surface area contributed by atoms with Gasteiger partial charge in [-0.2, -0.15) is 0 Å². The van der Waals surface area contributed by atoms with E-state index in [-0.39, 0.29) is 24.0 Å². The number of Topliss-reactive ketones (excluding diaryl/α,β-unsaturated/α-hetero) is 2. The lowest BCUT2D eigenvalue weighted by atomic mass is 9.71. The first-order valence-corrected chi connectivity index (χ1v) is 14.0. The molecule has 0 aromatic heterocycles. The van der Waals surface area contributed by atoms with Gasteiger partial charge in [-0.05, 0) is 83.7 Å². The maximum Gasteiger partial charge on any atom is 0.174 e. The van der Waals surface area contributed by atoms with E-state index < -0.39 is 5.92 Å². The van der Waals surface area contributed by atoms with Gasteiger partial charge in [-0.1, -0.05) is 12.1 Å². The topological polar surface area (TPSA) is 65.1 Å². The number of carbonyl (C=O) groups excluding carboxylic acids is 2. The fourth-order valence-electron chi connectivity index (χ4n) is 5.83. The second-order valence-electron chi connectivity index (χ2n) is 9.80. The van der Waals surface area contributed by atoms with E-state index in [0.717, 1.165) is 57.4 Å². The number of allylic oxidation sites excluding steroid dienone is 4. The third-order valence-corrected chi connectivity index (χ3v) is 8.26. The molecule has 0 atom stereocenters. The fraction of sp³-hybridized carbons (Fsp3) is 0.400. The molecule has 8 heteroatoms. The van der Waals surface area contributed by atoms with Crippen molar-refractivity contribution >= 4 is 34.2 Å². The number of halogens is 2. The van der Waals surface area contributed by atoms with Crippen molar-refractivity contribution in [1.29, 1.82) is 0 Å². The summed E-state index contributed by atoms with van der Waals surface area (Å²) in [7, 11) is 3.24. The van der Waals surface area contributed by atoms with Crippen molar-refractivity contribution in [3.63, 3.8) is 0 Å². The Kier molecular flexibility index (Phi) is 8.18. The number of carbonyl (C=O) groups is 2. The van der Waals surface area contributed by atoms with Gasteiger partial charge < -0.3 is 19.1 Å². The summed E-state index contributed by atoms with van der Waals surface area (Å²) in [5.74, 6) is 0.516. The average Bonchev–Trinajstić information content (AvgIpc) is 2.90. The maximum atomic E-state index is 13.7. The van der Waals surface area contributed by atoms with Gasteiger partial charge in [-0.3, -0.25) is 9.59 Å². The van der Waals surface area contributed by atoms with Gasteiger partial charge in [-0.25, -0.2) is 4.39 Å². The number of nitrogens with zero attached hydrogens (tertiary/aromatic N) is 1. The fourth-order valence-corrected chi connectivity index (χ4v) is 6.61. The third kappa shape index (κ3) is 5.12. The van der Waals surface area contributed by atoms with Gasteiger partial charge in [0.1, 0.15) is 12.4 Å². The molecular formula is C30H31FINO5. The molecule has 0 fully saturated rings. The second kappa shape index (κ2) is 11.6. The smallest absolute Gasteiger partial charge is 0.174 e. The first kappa shape index (κ1) is 26.9. The van der Waals surface area contributed by atoms with E-state index in [0.29, 0.717) is 43.1 Å². The number of benzene rings is 2. The number of hydrogen-bond acceptors (Lipinski definition) is 6. The van der Waals surface area contributed by atoms with Crippen LogP contribution in [0.15, 0.2) is 58.9 Å². The van der Waals surface area contributed by atoms with Crippen LogP contribution < -0.4 is 9.47 Å². The molecule has 0 amide bonds. The Balaban J connectivity index is 1.59. The SMILES string of the molecule is COCCN1C2=C(C(=O)CCC2)C(c2cc(I)c(OCc3cccc(F)c3)c(OC)c2)C2=C1CCCC2=O. The first-order chi connectivity index (χ1) is 18.4. The predicted octanol–water partition coefficient (Wildman–Crippen LogP) is 6.08. The number of ketones is 2. The molecule has 38 heavy (non-hydrogen) atoms. The third-order valence-electron chi connectivity index (χ3n) is 7.46. The Hall–Kier alpha value is -2.72. The Bertz CT molecular complexity index is 1290. The molecule has 200 valence electrons. The first-order valence-electron chi connectivity index (χ1n) is 13.0. The van der Waals surface area contributed by atoms with Crippen LogP contribution in [0.25, 0.3) is 0 Å². The van der Waals surface area contributed by atoms with Crippen molar-refractivity contribution in [3.05, 3.63) is 79.5 Å². The van der Waals surface area contributed by atoms with E-state index in [2.05, 4.69) is 27.5 Å². The monoisotopic (exact) mass is 631 g/mol. The zero-order valence-corrected chi connectivity index (χ0v) is 23.8. The van der Waals surface area contributed by atoms with Gasteiger partial charge >= 0.3 is 0 Å². The summed E-state index contributed by atoms with van der Waals surface area (Å²) in [6.07, 6.45) is 4.17. The quantitative estimate of drug-likeness (QED) is 0.330. The highest BCUT2D eigenvalue weighted by molar-refractivity contribution is 14.1. The number of rotatable bonds is 8. The standard InChI is InChI=1S/C30H31FINO5/c1-36-13-12-33-22-8-4-10-24(34)28(22)27(29-23(33)9-5-11-25(29)35)19-15-21(32)30(26(16-19)37-2)38-17-18-6-3-7-20(31)14-18/h3,6-7,14-16,27H,4-5,8-13,17H2,1-2H3. The molecule has 3 aliphatic rings. The molecule has 2 aliphatic carbocycles. The van der Waals surface area contributed by atoms with Crippen LogP contribution in [0.4, 0.5) is 4.39 Å². The van der Waals surface area contributed by atoms with E-state index in [1.54, 1.807) is 26.4 Å². The molecule has 0 unspecified atom stereocenters. The predicted molar refractivity (Wildman–Crippen MR) is 150 cm³/mol. The molecular weight excluding hydrogens is 600 g/mol. The van der Waals surface area contributed by atoms with Gasteiger partial charge in [0.25, 0.3) is 0 Å². The molecule has 6 nitrogen and oxygen atoms in total. The van der Waals surface area contributed by atoms with Crippen LogP contribution in [0.2, 0.25) is 0 Å². The summed E-state index contributed by atoms with van der Waals surface area (Å²) >= 11 is 2.20. The van der Waals surface area contributed by atoms with E-state index in [1.165, 1.54) is 12.1 Å². The normalized spacial score (nSPS) is 18.1. The van der Waals surface area contributed by atoms with Crippen molar-refractivity contribution in [2.24, 2.45) is 0 Å². The molecule has 1 aliphatic heterocycles. The zero-order chi connectivity index (χ0) is 26.8. The molecule has 0 bridgehead atoms. The van der Waals surface area contributed by atoms with Gasteiger partial charge in [0.05, 0.1) is 17.3 Å². The average molecular weight is 631 g/mol. The van der Waals surface area contributed by atoms with Crippen molar-refractivity contribution in [2.75, 3.05) is 27.4 Å². The van der Waals surface area contributed by atoms with E-state index in [1.807, 2.05) is 12.1 Å². The summed E-state index contributed by atoms with van der Waals surface area (Å²) in [5.41, 5.74) is 5.07. The highest BCUT2D eigenvalue weighted by atomic mass is 127. The lowest BCUT2D eigenvalue weighted by molar-refractivity contribution is -0.117. The molecule has 0 N–H and O–H groups in total. The maximum absolute atomic E-state index is 13.7. The van der Waals surface area contributed by atoms with E-state index >= 15 is 0 Å². The van der Waals surface area contributed by atoms with Crippen molar-refractivity contribution in [2.45, 2.75) is 51.0 Å².